The Balaban J connectivity index is 2.23. The molecular weight excluding hydrogens is 257 g/mol. The van der Waals surface area contributed by atoms with Gasteiger partial charge in [0.25, 0.3) is 0 Å². The van der Waals surface area contributed by atoms with Gasteiger partial charge < -0.3 is 16.0 Å². The van der Waals surface area contributed by atoms with E-state index >= 15 is 0 Å². The minimum atomic E-state index is -0.385. The van der Waals surface area contributed by atoms with Crippen molar-refractivity contribution in [2.75, 3.05) is 11.4 Å². The van der Waals surface area contributed by atoms with Crippen molar-refractivity contribution < 1.29 is 9.18 Å². The van der Waals surface area contributed by atoms with Crippen LogP contribution in [0.1, 0.15) is 32.3 Å². The first kappa shape index (κ1) is 14.8. The predicted molar refractivity (Wildman–Crippen MR) is 77.9 cm³/mol. The van der Waals surface area contributed by atoms with Crippen LogP contribution in [0.4, 0.5) is 10.1 Å². The number of amides is 1. The van der Waals surface area contributed by atoms with Crippen LogP contribution in [0.25, 0.3) is 0 Å². The average molecular weight is 279 g/mol. The molecule has 1 amide bonds. The topological polar surface area (TPSA) is 58.4 Å². The van der Waals surface area contributed by atoms with Crippen LogP contribution in [0.15, 0.2) is 18.2 Å². The molecule has 0 unspecified atom stereocenters. The Hall–Kier alpha value is -1.62. The van der Waals surface area contributed by atoms with Crippen molar-refractivity contribution in [2.24, 2.45) is 5.73 Å². The molecule has 0 atom stereocenters. The number of hydrogen-bond donors (Lipinski definition) is 2. The van der Waals surface area contributed by atoms with Gasteiger partial charge in [-0.25, -0.2) is 4.39 Å². The van der Waals surface area contributed by atoms with Gasteiger partial charge in [0.2, 0.25) is 5.91 Å². The molecule has 0 saturated heterocycles. The highest BCUT2D eigenvalue weighted by Gasteiger charge is 2.22. The summed E-state index contributed by atoms with van der Waals surface area (Å²) in [5.74, 6) is -0.645. The number of hydrogen-bond acceptors (Lipinski definition) is 3. The van der Waals surface area contributed by atoms with Gasteiger partial charge in [-0.3, -0.25) is 4.79 Å². The molecule has 1 aliphatic rings. The number of halogens is 1. The summed E-state index contributed by atoms with van der Waals surface area (Å²) < 4.78 is 13.5. The van der Waals surface area contributed by atoms with Gasteiger partial charge in [-0.2, -0.15) is 0 Å². The molecule has 1 aromatic rings. The zero-order chi connectivity index (χ0) is 14.7. The number of rotatable bonds is 7. The number of nitrogens with one attached hydrogen (secondary N) is 1. The number of carbonyl (C=O) groups excluding carboxylic acids is 1. The summed E-state index contributed by atoms with van der Waals surface area (Å²) in [6.07, 6.45) is 2.36. The number of carbonyl (C=O) groups is 1. The number of nitrogens with zero attached hydrogens (tertiary/aromatic N) is 1. The summed E-state index contributed by atoms with van der Waals surface area (Å²) in [5.41, 5.74) is 7.05. The number of primary amides is 1. The molecule has 0 radical (unpaired) electrons. The molecule has 2 rings (SSSR count). The van der Waals surface area contributed by atoms with Crippen molar-refractivity contribution in [3.8, 4) is 0 Å². The predicted octanol–water partition coefficient (Wildman–Crippen LogP) is 1.78. The fourth-order valence-electron chi connectivity index (χ4n) is 2.23. The van der Waals surface area contributed by atoms with Crippen molar-refractivity contribution in [3.05, 3.63) is 29.6 Å². The Morgan fingerprint density at radius 2 is 2.20 bits per heavy atom. The molecule has 3 N–H and O–H groups in total. The van der Waals surface area contributed by atoms with Gasteiger partial charge in [0.1, 0.15) is 5.82 Å². The van der Waals surface area contributed by atoms with Gasteiger partial charge in [0.15, 0.2) is 0 Å². The van der Waals surface area contributed by atoms with E-state index in [1.54, 1.807) is 6.07 Å². The molecule has 5 heteroatoms. The lowest BCUT2D eigenvalue weighted by Gasteiger charge is -2.30. The summed E-state index contributed by atoms with van der Waals surface area (Å²) in [4.78, 5) is 13.1. The Labute approximate surface area is 119 Å². The minimum Gasteiger partial charge on any atom is -0.368 e. The van der Waals surface area contributed by atoms with E-state index in [0.717, 1.165) is 11.3 Å². The van der Waals surface area contributed by atoms with Crippen molar-refractivity contribution in [1.29, 1.82) is 0 Å². The molecular formula is C15H22FN3O. The summed E-state index contributed by atoms with van der Waals surface area (Å²) in [6, 6.07) is 5.35. The van der Waals surface area contributed by atoms with Gasteiger partial charge in [0, 0.05) is 24.3 Å². The number of nitrogens with two attached hydrogens (primary N) is 1. The standard InChI is InChI=1S/C15H22FN3O/c1-10(2)19(9-15(17)20)14-6-3-12(16)7-11(14)8-18-13-4-5-13/h3,6-7,10,13,18H,4-5,8-9H2,1-2H3,(H2,17,20). The van der Waals surface area contributed by atoms with Crippen LogP contribution >= 0.6 is 0 Å². The molecule has 1 aliphatic carbocycles. The third kappa shape index (κ3) is 3.93. The van der Waals surface area contributed by atoms with Gasteiger partial charge in [-0.15, -0.1) is 0 Å². The maximum Gasteiger partial charge on any atom is 0.236 e. The van der Waals surface area contributed by atoms with E-state index in [1.807, 2.05) is 18.7 Å². The SMILES string of the molecule is CC(C)N(CC(N)=O)c1ccc(F)cc1CNC1CC1. The van der Waals surface area contributed by atoms with Gasteiger partial charge >= 0.3 is 0 Å². The third-order valence-corrected chi connectivity index (χ3v) is 3.46. The van der Waals surface area contributed by atoms with E-state index in [9.17, 15) is 9.18 Å². The summed E-state index contributed by atoms with van der Waals surface area (Å²) in [5, 5.41) is 3.38. The van der Waals surface area contributed by atoms with E-state index < -0.39 is 0 Å². The Bertz CT molecular complexity index is 486. The second kappa shape index (κ2) is 6.22. The second-order valence-electron chi connectivity index (χ2n) is 5.62. The molecule has 0 spiro atoms. The van der Waals surface area contributed by atoms with Crippen LogP contribution in [-0.4, -0.2) is 24.5 Å². The Morgan fingerprint density at radius 1 is 1.50 bits per heavy atom. The van der Waals surface area contributed by atoms with E-state index in [1.165, 1.54) is 25.0 Å². The largest absolute Gasteiger partial charge is 0.368 e. The van der Waals surface area contributed by atoms with Crippen molar-refractivity contribution in [1.82, 2.24) is 5.32 Å². The molecule has 4 nitrogen and oxygen atoms in total. The maximum absolute atomic E-state index is 13.5. The van der Waals surface area contributed by atoms with E-state index in [-0.39, 0.29) is 24.3 Å². The molecule has 110 valence electrons. The Kier molecular flexibility index (Phi) is 4.60. The summed E-state index contributed by atoms with van der Waals surface area (Å²) in [6.45, 7) is 4.73. The van der Waals surface area contributed by atoms with Crippen LogP contribution in [0.2, 0.25) is 0 Å². The van der Waals surface area contributed by atoms with Crippen molar-refractivity contribution in [3.63, 3.8) is 0 Å². The van der Waals surface area contributed by atoms with Crippen LogP contribution in [0.5, 0.6) is 0 Å². The molecule has 1 aromatic carbocycles. The first-order valence-electron chi connectivity index (χ1n) is 7.04. The lowest BCUT2D eigenvalue weighted by atomic mass is 10.1. The smallest absolute Gasteiger partial charge is 0.236 e. The maximum atomic E-state index is 13.5. The number of anilines is 1. The first-order valence-corrected chi connectivity index (χ1v) is 7.04. The minimum absolute atomic E-state index is 0.118. The fraction of sp³-hybridized carbons (Fsp3) is 0.533. The van der Waals surface area contributed by atoms with Crippen molar-refractivity contribution in [2.45, 2.75) is 45.3 Å². The molecule has 0 heterocycles. The Morgan fingerprint density at radius 3 is 2.75 bits per heavy atom. The molecule has 0 aromatic heterocycles. The zero-order valence-corrected chi connectivity index (χ0v) is 12.0. The van der Waals surface area contributed by atoms with Gasteiger partial charge in [0.05, 0.1) is 6.54 Å². The highest BCUT2D eigenvalue weighted by molar-refractivity contribution is 5.80. The average Bonchev–Trinajstić information content (AvgIpc) is 3.17. The van der Waals surface area contributed by atoms with Crippen LogP contribution in [-0.2, 0) is 11.3 Å². The second-order valence-corrected chi connectivity index (χ2v) is 5.62. The van der Waals surface area contributed by atoms with E-state index in [0.29, 0.717) is 12.6 Å². The highest BCUT2D eigenvalue weighted by atomic mass is 19.1. The molecule has 20 heavy (non-hydrogen) atoms. The molecule has 1 fully saturated rings. The molecule has 0 bridgehead atoms. The third-order valence-electron chi connectivity index (χ3n) is 3.46. The number of benzene rings is 1. The van der Waals surface area contributed by atoms with Crippen LogP contribution in [0, 0.1) is 5.82 Å². The highest BCUT2D eigenvalue weighted by Crippen LogP contribution is 2.25. The lowest BCUT2D eigenvalue weighted by Crippen LogP contribution is -2.39. The monoisotopic (exact) mass is 279 g/mol. The zero-order valence-electron chi connectivity index (χ0n) is 12.0. The van der Waals surface area contributed by atoms with Gasteiger partial charge in [-0.05, 0) is 50.5 Å². The molecule has 1 saturated carbocycles. The van der Waals surface area contributed by atoms with Crippen LogP contribution < -0.4 is 16.0 Å². The van der Waals surface area contributed by atoms with Crippen LogP contribution in [0.3, 0.4) is 0 Å². The quantitative estimate of drug-likeness (QED) is 0.800. The molecule has 0 aliphatic heterocycles. The van der Waals surface area contributed by atoms with E-state index in [4.69, 9.17) is 5.73 Å². The van der Waals surface area contributed by atoms with Gasteiger partial charge in [-0.1, -0.05) is 0 Å². The fourth-order valence-corrected chi connectivity index (χ4v) is 2.23. The summed E-state index contributed by atoms with van der Waals surface area (Å²) in [7, 11) is 0. The van der Waals surface area contributed by atoms with Crippen molar-refractivity contribution >= 4 is 11.6 Å². The normalized spacial score (nSPS) is 14.6. The summed E-state index contributed by atoms with van der Waals surface area (Å²) >= 11 is 0. The van der Waals surface area contributed by atoms with E-state index in [2.05, 4.69) is 5.32 Å². The lowest BCUT2D eigenvalue weighted by molar-refractivity contribution is -0.116. The first-order chi connectivity index (χ1) is 9.47.